The second-order valence-electron chi connectivity index (χ2n) is 4.05. The molecule has 0 radical (unpaired) electrons. The van der Waals surface area contributed by atoms with Crippen molar-refractivity contribution in [2.75, 3.05) is 26.0 Å². The lowest BCUT2D eigenvalue weighted by Gasteiger charge is -2.27. The summed E-state index contributed by atoms with van der Waals surface area (Å²) in [4.78, 5) is 22.1. The Morgan fingerprint density at radius 2 is 2.12 bits per heavy atom. The maximum Gasteiger partial charge on any atom is 0.321 e. The number of carboxylic acids is 1. The summed E-state index contributed by atoms with van der Waals surface area (Å²) in [5.74, 6) is -1.04. The number of hydrogen-bond acceptors (Lipinski definition) is 5. The van der Waals surface area contributed by atoms with Crippen LogP contribution in [0.2, 0.25) is 0 Å². The van der Waals surface area contributed by atoms with Crippen LogP contribution in [0.5, 0.6) is 0 Å². The number of carboxylic acid groups (broad SMARTS) is 1. The molecule has 17 heavy (non-hydrogen) atoms. The lowest BCUT2D eigenvalue weighted by atomic mass is 10.1. The molecular formula is C10H20N2O4S. The summed E-state index contributed by atoms with van der Waals surface area (Å²) >= 11 is 1.22. The van der Waals surface area contributed by atoms with Gasteiger partial charge in [-0.05, 0) is 13.8 Å². The summed E-state index contributed by atoms with van der Waals surface area (Å²) in [5, 5.41) is 11.5. The molecule has 100 valence electrons. The molecule has 0 aromatic heterocycles. The molecule has 0 spiro atoms. The molecule has 0 heterocycles. The van der Waals surface area contributed by atoms with Crippen LogP contribution in [0.3, 0.4) is 0 Å². The Kier molecular flexibility index (Phi) is 7.17. The second kappa shape index (κ2) is 7.52. The van der Waals surface area contributed by atoms with Gasteiger partial charge in [-0.2, -0.15) is 0 Å². The van der Waals surface area contributed by atoms with Crippen LogP contribution in [0, 0.1) is 0 Å². The summed E-state index contributed by atoms with van der Waals surface area (Å²) in [6.45, 7) is 4.31. The number of amides is 1. The molecule has 4 N–H and O–H groups in total. The summed E-state index contributed by atoms with van der Waals surface area (Å²) in [6.07, 6.45) is 0. The van der Waals surface area contributed by atoms with Gasteiger partial charge in [0.15, 0.2) is 0 Å². The number of carbonyl (C=O) groups excluding carboxylic acids is 1. The molecule has 0 aliphatic carbocycles. The van der Waals surface area contributed by atoms with Gasteiger partial charge in [-0.15, -0.1) is 11.8 Å². The highest BCUT2D eigenvalue weighted by atomic mass is 32.2. The van der Waals surface area contributed by atoms with E-state index in [1.54, 1.807) is 21.0 Å². The topological polar surface area (TPSA) is 102 Å². The second-order valence-corrected chi connectivity index (χ2v) is 5.68. The van der Waals surface area contributed by atoms with Crippen LogP contribution in [0.4, 0.5) is 0 Å². The molecule has 1 atom stereocenters. The fourth-order valence-corrected chi connectivity index (χ4v) is 1.87. The van der Waals surface area contributed by atoms with Crippen LogP contribution in [0.15, 0.2) is 0 Å². The third kappa shape index (κ3) is 6.50. The van der Waals surface area contributed by atoms with Crippen LogP contribution in [0.1, 0.15) is 13.8 Å². The maximum atomic E-state index is 11.4. The first-order chi connectivity index (χ1) is 7.81. The first-order valence-electron chi connectivity index (χ1n) is 5.19. The molecule has 0 aliphatic rings. The minimum Gasteiger partial charge on any atom is -0.480 e. The summed E-state index contributed by atoms with van der Waals surface area (Å²) < 4.78 is 4.10. The summed E-state index contributed by atoms with van der Waals surface area (Å²) in [6, 6.07) is -1.00. The Morgan fingerprint density at radius 3 is 2.59 bits per heavy atom. The minimum atomic E-state index is -1.07. The molecule has 7 heteroatoms. The Bertz CT molecular complexity index is 271. The Hall–Kier alpha value is -0.790. The quantitative estimate of drug-likeness (QED) is 0.519. The smallest absolute Gasteiger partial charge is 0.321 e. The van der Waals surface area contributed by atoms with Gasteiger partial charge >= 0.3 is 5.97 Å². The van der Waals surface area contributed by atoms with Gasteiger partial charge < -0.3 is 20.9 Å². The van der Waals surface area contributed by atoms with Gasteiger partial charge in [0.25, 0.3) is 0 Å². The number of nitrogens with two attached hydrogens (primary N) is 1. The molecule has 0 aliphatic heterocycles. The van der Waals surface area contributed by atoms with Crippen molar-refractivity contribution in [1.29, 1.82) is 0 Å². The van der Waals surface area contributed by atoms with Crippen LogP contribution >= 0.6 is 11.8 Å². The molecule has 0 fully saturated rings. The molecule has 0 bridgehead atoms. The number of carbonyl (C=O) groups is 2. The van der Waals surface area contributed by atoms with Crippen molar-refractivity contribution in [3.8, 4) is 0 Å². The van der Waals surface area contributed by atoms with E-state index in [4.69, 9.17) is 15.6 Å². The zero-order valence-electron chi connectivity index (χ0n) is 10.4. The maximum absolute atomic E-state index is 11.4. The molecule has 0 saturated carbocycles. The standard InChI is InChI=1S/C10H20N2O4S/c1-10(2,8(11)9(14)15)17-6-7(13)12-4-5-16-3/h8H,4-6,11H2,1-3H3,(H,12,13)(H,14,15)/t8-/m1/s1. The number of rotatable bonds is 8. The van der Waals surface area contributed by atoms with E-state index in [1.807, 2.05) is 0 Å². The highest BCUT2D eigenvalue weighted by Gasteiger charge is 2.32. The number of methoxy groups -OCH3 is 1. The number of ether oxygens (including phenoxy) is 1. The fraction of sp³-hybridized carbons (Fsp3) is 0.800. The summed E-state index contributed by atoms with van der Waals surface area (Å²) in [5.41, 5.74) is 5.53. The van der Waals surface area contributed by atoms with Crippen molar-refractivity contribution in [1.82, 2.24) is 5.32 Å². The van der Waals surface area contributed by atoms with Crippen molar-refractivity contribution >= 4 is 23.6 Å². The molecule has 0 aromatic carbocycles. The molecule has 0 unspecified atom stereocenters. The Labute approximate surface area is 105 Å². The van der Waals surface area contributed by atoms with Crippen LogP contribution in [-0.2, 0) is 14.3 Å². The van der Waals surface area contributed by atoms with Crippen molar-refractivity contribution < 1.29 is 19.4 Å². The van der Waals surface area contributed by atoms with Gasteiger partial charge in [0, 0.05) is 18.4 Å². The number of thioether (sulfide) groups is 1. The molecule has 6 nitrogen and oxygen atoms in total. The third-order valence-corrected chi connectivity index (χ3v) is 3.62. The number of nitrogens with one attached hydrogen (secondary N) is 1. The van der Waals surface area contributed by atoms with E-state index in [1.165, 1.54) is 11.8 Å². The molecular weight excluding hydrogens is 244 g/mol. The Morgan fingerprint density at radius 1 is 1.53 bits per heavy atom. The van der Waals surface area contributed by atoms with Gasteiger partial charge in [0.05, 0.1) is 12.4 Å². The lowest BCUT2D eigenvalue weighted by Crippen LogP contribution is -2.47. The normalized spacial score (nSPS) is 13.2. The first-order valence-corrected chi connectivity index (χ1v) is 6.17. The predicted molar refractivity (Wildman–Crippen MR) is 67.0 cm³/mol. The van der Waals surface area contributed by atoms with Gasteiger partial charge in [0.2, 0.25) is 5.91 Å². The average molecular weight is 264 g/mol. The molecule has 0 rings (SSSR count). The van der Waals surface area contributed by atoms with E-state index in [2.05, 4.69) is 5.32 Å². The fourth-order valence-electron chi connectivity index (χ4n) is 0.982. The minimum absolute atomic E-state index is 0.155. The third-order valence-electron chi connectivity index (χ3n) is 2.22. The first kappa shape index (κ1) is 16.2. The van der Waals surface area contributed by atoms with Gasteiger partial charge in [-0.25, -0.2) is 0 Å². The number of aliphatic carboxylic acids is 1. The largest absolute Gasteiger partial charge is 0.480 e. The number of hydrogen-bond donors (Lipinski definition) is 3. The summed E-state index contributed by atoms with van der Waals surface area (Å²) in [7, 11) is 1.55. The zero-order chi connectivity index (χ0) is 13.5. The van der Waals surface area contributed by atoms with Crippen LogP contribution < -0.4 is 11.1 Å². The van der Waals surface area contributed by atoms with Crippen molar-refractivity contribution in [3.05, 3.63) is 0 Å². The van der Waals surface area contributed by atoms with E-state index in [-0.39, 0.29) is 11.7 Å². The van der Waals surface area contributed by atoms with E-state index >= 15 is 0 Å². The van der Waals surface area contributed by atoms with Crippen LogP contribution in [-0.4, -0.2) is 53.8 Å². The van der Waals surface area contributed by atoms with E-state index in [0.717, 1.165) is 0 Å². The zero-order valence-corrected chi connectivity index (χ0v) is 11.2. The van der Waals surface area contributed by atoms with Gasteiger partial charge in [-0.3, -0.25) is 9.59 Å². The molecule has 0 saturated heterocycles. The lowest BCUT2D eigenvalue weighted by molar-refractivity contribution is -0.139. The van der Waals surface area contributed by atoms with Gasteiger partial charge in [-0.1, -0.05) is 0 Å². The monoisotopic (exact) mass is 264 g/mol. The van der Waals surface area contributed by atoms with Crippen molar-refractivity contribution in [2.24, 2.45) is 5.73 Å². The molecule has 0 aromatic rings. The van der Waals surface area contributed by atoms with Crippen molar-refractivity contribution in [3.63, 3.8) is 0 Å². The molecule has 1 amide bonds. The van der Waals surface area contributed by atoms with E-state index in [9.17, 15) is 9.59 Å². The van der Waals surface area contributed by atoms with Crippen LogP contribution in [0.25, 0.3) is 0 Å². The highest BCUT2D eigenvalue weighted by molar-refractivity contribution is 8.01. The SMILES string of the molecule is COCCNC(=O)CSC(C)(C)[C@H](N)C(=O)O. The highest BCUT2D eigenvalue weighted by Crippen LogP contribution is 2.27. The van der Waals surface area contributed by atoms with E-state index in [0.29, 0.717) is 13.2 Å². The van der Waals surface area contributed by atoms with E-state index < -0.39 is 16.8 Å². The van der Waals surface area contributed by atoms with Crippen molar-refractivity contribution in [2.45, 2.75) is 24.6 Å². The predicted octanol–water partition coefficient (Wildman–Crippen LogP) is -0.327. The van der Waals surface area contributed by atoms with Gasteiger partial charge in [0.1, 0.15) is 6.04 Å². The Balaban J connectivity index is 4.00. The average Bonchev–Trinajstić information content (AvgIpc) is 2.25.